The fourth-order valence-corrected chi connectivity index (χ4v) is 2.50. The molecule has 1 amide bonds. The Morgan fingerprint density at radius 1 is 1.00 bits per heavy atom. The van der Waals surface area contributed by atoms with E-state index in [0.29, 0.717) is 28.3 Å². The quantitative estimate of drug-likeness (QED) is 0.417. The highest BCUT2D eigenvalue weighted by Crippen LogP contribution is 2.31. The Morgan fingerprint density at radius 3 is 2.28 bits per heavy atom. The molecule has 0 fully saturated rings. The molecule has 0 aromatic heterocycles. The number of ether oxygens (including phenoxy) is 3. The van der Waals surface area contributed by atoms with Crippen LogP contribution in [0.5, 0.6) is 11.5 Å². The number of hydrogen-bond acceptors (Lipinski definition) is 6. The van der Waals surface area contributed by atoms with Crippen molar-refractivity contribution in [2.24, 2.45) is 0 Å². The number of benzene rings is 2. The summed E-state index contributed by atoms with van der Waals surface area (Å²) in [6, 6.07) is 11.7. The van der Waals surface area contributed by atoms with Crippen LogP contribution in [-0.2, 0) is 14.3 Å². The minimum absolute atomic E-state index is 0.0652. The van der Waals surface area contributed by atoms with Gasteiger partial charge in [0.25, 0.3) is 5.91 Å². The molecule has 2 aromatic rings. The van der Waals surface area contributed by atoms with Gasteiger partial charge in [0.1, 0.15) is 0 Å². The molecule has 7 nitrogen and oxygen atoms in total. The molecule has 0 unspecified atom stereocenters. The third-order valence-corrected chi connectivity index (χ3v) is 4.05. The first-order valence-corrected chi connectivity index (χ1v) is 8.87. The molecule has 2 aromatic carbocycles. The van der Waals surface area contributed by atoms with Gasteiger partial charge in [-0.15, -0.1) is 0 Å². The van der Waals surface area contributed by atoms with Gasteiger partial charge < -0.3 is 19.5 Å². The van der Waals surface area contributed by atoms with Crippen molar-refractivity contribution < 1.29 is 28.6 Å². The van der Waals surface area contributed by atoms with Crippen LogP contribution in [0.25, 0.3) is 6.08 Å². The Bertz CT molecular complexity index is 917. The molecule has 7 heteroatoms. The van der Waals surface area contributed by atoms with Gasteiger partial charge in [-0.25, -0.2) is 4.79 Å². The monoisotopic (exact) mass is 397 g/mol. The molecule has 0 saturated carbocycles. The zero-order valence-electron chi connectivity index (χ0n) is 16.7. The molecule has 0 bridgehead atoms. The number of anilines is 1. The Morgan fingerprint density at radius 2 is 1.69 bits per heavy atom. The summed E-state index contributed by atoms with van der Waals surface area (Å²) in [4.78, 5) is 35.6. The van der Waals surface area contributed by atoms with Gasteiger partial charge in [0.15, 0.2) is 23.4 Å². The second-order valence-electron chi connectivity index (χ2n) is 6.12. The number of rotatable bonds is 8. The van der Waals surface area contributed by atoms with Gasteiger partial charge >= 0.3 is 5.97 Å². The zero-order chi connectivity index (χ0) is 21.4. The van der Waals surface area contributed by atoms with Gasteiger partial charge in [-0.2, -0.15) is 0 Å². The summed E-state index contributed by atoms with van der Waals surface area (Å²) in [5.41, 5.74) is 1.67. The number of carbonyl (C=O) groups is 3. The number of para-hydroxylation sites is 1. The van der Waals surface area contributed by atoms with E-state index < -0.39 is 18.0 Å². The van der Waals surface area contributed by atoms with Crippen LogP contribution in [-0.4, -0.2) is 38.0 Å². The fraction of sp³-hybridized carbons (Fsp3) is 0.227. The summed E-state index contributed by atoms with van der Waals surface area (Å²) in [6.45, 7) is 2.93. The second kappa shape index (κ2) is 10.1. The van der Waals surface area contributed by atoms with Crippen molar-refractivity contribution in [2.45, 2.75) is 20.0 Å². The average Bonchev–Trinajstić information content (AvgIpc) is 2.72. The summed E-state index contributed by atoms with van der Waals surface area (Å²) in [5, 5.41) is 2.63. The molecular weight excluding hydrogens is 374 g/mol. The second-order valence-corrected chi connectivity index (χ2v) is 6.12. The van der Waals surface area contributed by atoms with E-state index in [2.05, 4.69) is 5.32 Å². The van der Waals surface area contributed by atoms with Crippen molar-refractivity contribution in [3.8, 4) is 11.5 Å². The molecule has 0 spiro atoms. The van der Waals surface area contributed by atoms with E-state index in [1.165, 1.54) is 40.2 Å². The Balaban J connectivity index is 1.97. The Labute approximate surface area is 169 Å². The molecule has 0 heterocycles. The van der Waals surface area contributed by atoms with Crippen LogP contribution >= 0.6 is 0 Å². The maximum absolute atomic E-state index is 12.2. The van der Waals surface area contributed by atoms with E-state index in [0.717, 1.165) is 0 Å². The maximum atomic E-state index is 12.2. The molecule has 2 rings (SSSR count). The minimum Gasteiger partial charge on any atom is -0.493 e. The topological polar surface area (TPSA) is 90.9 Å². The smallest absolute Gasteiger partial charge is 0.331 e. The summed E-state index contributed by atoms with van der Waals surface area (Å²) in [5.74, 6) is -0.208. The summed E-state index contributed by atoms with van der Waals surface area (Å²) in [6.07, 6.45) is 1.73. The van der Waals surface area contributed by atoms with Crippen LogP contribution in [0.2, 0.25) is 0 Å². The summed E-state index contributed by atoms with van der Waals surface area (Å²) < 4.78 is 15.6. The van der Waals surface area contributed by atoms with Crippen molar-refractivity contribution in [1.82, 2.24) is 0 Å². The third-order valence-electron chi connectivity index (χ3n) is 4.05. The van der Waals surface area contributed by atoms with Gasteiger partial charge in [0.05, 0.1) is 14.2 Å². The lowest BCUT2D eigenvalue weighted by atomic mass is 10.1. The fourth-order valence-electron chi connectivity index (χ4n) is 2.50. The lowest BCUT2D eigenvalue weighted by Crippen LogP contribution is -2.29. The van der Waals surface area contributed by atoms with Crippen molar-refractivity contribution in [1.29, 1.82) is 0 Å². The standard InChI is InChI=1S/C22H23NO6/c1-14(24)16-8-11-18(12-9-16)23-22(26)15(2)29-20(25)13-10-17-6-5-7-19(27-3)21(17)28-4/h5-13,15H,1-4H3,(H,23,26)/b13-10+/t15-/m1/s1. The van der Waals surface area contributed by atoms with Crippen LogP contribution in [0.4, 0.5) is 5.69 Å². The Kier molecular flexibility index (Phi) is 7.54. The number of nitrogens with one attached hydrogen (secondary N) is 1. The van der Waals surface area contributed by atoms with E-state index in [-0.39, 0.29) is 5.78 Å². The first-order chi connectivity index (χ1) is 13.8. The van der Waals surface area contributed by atoms with Gasteiger partial charge in [0.2, 0.25) is 0 Å². The van der Waals surface area contributed by atoms with Crippen molar-refractivity contribution in [3.05, 3.63) is 59.7 Å². The third kappa shape index (κ3) is 5.93. The van der Waals surface area contributed by atoms with Crippen LogP contribution in [0.3, 0.4) is 0 Å². The highest BCUT2D eigenvalue weighted by Gasteiger charge is 2.17. The van der Waals surface area contributed by atoms with Crippen LogP contribution in [0, 0.1) is 0 Å². The number of ketones is 1. The van der Waals surface area contributed by atoms with E-state index in [1.54, 1.807) is 42.5 Å². The number of methoxy groups -OCH3 is 2. The summed E-state index contributed by atoms with van der Waals surface area (Å²) in [7, 11) is 3.02. The molecule has 29 heavy (non-hydrogen) atoms. The highest BCUT2D eigenvalue weighted by atomic mass is 16.5. The zero-order valence-corrected chi connectivity index (χ0v) is 16.7. The first-order valence-electron chi connectivity index (χ1n) is 8.87. The number of Topliss-reactive ketones (excluding diaryl/α,β-unsaturated/α-hetero) is 1. The van der Waals surface area contributed by atoms with E-state index in [4.69, 9.17) is 14.2 Å². The molecule has 0 aliphatic carbocycles. The highest BCUT2D eigenvalue weighted by molar-refractivity contribution is 5.98. The molecule has 0 aliphatic rings. The normalized spacial score (nSPS) is 11.6. The number of amides is 1. The van der Waals surface area contributed by atoms with Crippen molar-refractivity contribution in [3.63, 3.8) is 0 Å². The van der Waals surface area contributed by atoms with Gasteiger partial charge in [0, 0.05) is 22.9 Å². The van der Waals surface area contributed by atoms with Crippen LogP contribution in [0.1, 0.15) is 29.8 Å². The molecule has 152 valence electrons. The van der Waals surface area contributed by atoms with Gasteiger partial charge in [-0.3, -0.25) is 9.59 Å². The lowest BCUT2D eigenvalue weighted by molar-refractivity contribution is -0.148. The molecular formula is C22H23NO6. The van der Waals surface area contributed by atoms with E-state index in [1.807, 2.05) is 0 Å². The maximum Gasteiger partial charge on any atom is 0.331 e. The van der Waals surface area contributed by atoms with E-state index in [9.17, 15) is 14.4 Å². The lowest BCUT2D eigenvalue weighted by Gasteiger charge is -2.13. The number of esters is 1. The predicted molar refractivity (Wildman–Crippen MR) is 109 cm³/mol. The molecule has 1 atom stereocenters. The average molecular weight is 397 g/mol. The SMILES string of the molecule is COc1cccc(/C=C/C(=O)O[C@H](C)C(=O)Nc2ccc(C(C)=O)cc2)c1OC. The minimum atomic E-state index is -1.01. The predicted octanol–water partition coefficient (Wildman–Crippen LogP) is 3.49. The number of hydrogen-bond donors (Lipinski definition) is 1. The van der Waals surface area contributed by atoms with Gasteiger partial charge in [-0.1, -0.05) is 12.1 Å². The molecule has 0 radical (unpaired) electrons. The van der Waals surface area contributed by atoms with Gasteiger partial charge in [-0.05, 0) is 50.3 Å². The molecule has 0 saturated heterocycles. The summed E-state index contributed by atoms with van der Waals surface area (Å²) >= 11 is 0. The largest absolute Gasteiger partial charge is 0.493 e. The number of carbonyl (C=O) groups excluding carboxylic acids is 3. The van der Waals surface area contributed by atoms with Crippen molar-refractivity contribution in [2.75, 3.05) is 19.5 Å². The van der Waals surface area contributed by atoms with Crippen LogP contribution < -0.4 is 14.8 Å². The van der Waals surface area contributed by atoms with E-state index >= 15 is 0 Å². The van der Waals surface area contributed by atoms with Crippen molar-refractivity contribution >= 4 is 29.4 Å². The molecule has 0 aliphatic heterocycles. The molecule has 1 N–H and O–H groups in total. The first kappa shape index (κ1) is 21.7. The Hall–Kier alpha value is -3.61. The van der Waals surface area contributed by atoms with Crippen LogP contribution in [0.15, 0.2) is 48.5 Å².